The second-order valence-electron chi connectivity index (χ2n) is 7.60. The number of pyridine rings is 1. The van der Waals surface area contributed by atoms with Crippen LogP contribution in [0.5, 0.6) is 0 Å². The van der Waals surface area contributed by atoms with Gasteiger partial charge in [-0.1, -0.05) is 30.3 Å². The van der Waals surface area contributed by atoms with E-state index >= 15 is 0 Å². The highest BCUT2D eigenvalue weighted by Crippen LogP contribution is 2.03. The molecule has 200 valence electrons. The largest absolute Gasteiger partial charge is 0.465 e. The molecule has 0 atom stereocenters. The van der Waals surface area contributed by atoms with Gasteiger partial charge in [0.2, 0.25) is 0 Å². The van der Waals surface area contributed by atoms with E-state index in [1.54, 1.807) is 19.2 Å². The van der Waals surface area contributed by atoms with E-state index in [0.717, 1.165) is 11.3 Å². The molecule has 2 rings (SSSR count). The van der Waals surface area contributed by atoms with E-state index in [1.807, 2.05) is 30.3 Å². The summed E-state index contributed by atoms with van der Waals surface area (Å²) in [6.07, 6.45) is 1.59. The van der Waals surface area contributed by atoms with Crippen molar-refractivity contribution < 1.29 is 33.2 Å². The summed E-state index contributed by atoms with van der Waals surface area (Å²) in [5, 5.41) is 3.15. The molecule has 1 heterocycles. The molecule has 0 radical (unpaired) electrons. The number of anilines is 1. The van der Waals surface area contributed by atoms with Gasteiger partial charge in [-0.05, 0) is 18.6 Å². The Labute approximate surface area is 212 Å². The zero-order valence-electron chi connectivity index (χ0n) is 21.0. The number of benzene rings is 1. The first-order valence-corrected chi connectivity index (χ1v) is 12.2. The number of nitrogens with zero attached hydrogens (tertiary/aromatic N) is 1. The van der Waals surface area contributed by atoms with Gasteiger partial charge >= 0.3 is 5.97 Å². The van der Waals surface area contributed by atoms with Gasteiger partial charge in [0.15, 0.2) is 0 Å². The Bertz CT molecular complexity index is 891. The molecule has 0 fully saturated rings. The Morgan fingerprint density at radius 1 is 0.778 bits per heavy atom. The molecule has 1 aromatic carbocycles. The van der Waals surface area contributed by atoms with E-state index in [0.29, 0.717) is 72.6 Å². The molecule has 10 nitrogen and oxygen atoms in total. The van der Waals surface area contributed by atoms with E-state index in [1.165, 1.54) is 10.6 Å². The molecule has 2 aromatic rings. The van der Waals surface area contributed by atoms with Crippen molar-refractivity contribution in [2.45, 2.75) is 20.1 Å². The molecule has 0 aliphatic rings. The van der Waals surface area contributed by atoms with Crippen LogP contribution in [0.15, 0.2) is 53.5 Å². The number of carbonyl (C=O) groups is 1. The Morgan fingerprint density at radius 2 is 1.36 bits per heavy atom. The predicted octanol–water partition coefficient (Wildman–Crippen LogP) is 2.11. The lowest BCUT2D eigenvalue weighted by Crippen LogP contribution is -2.25. The van der Waals surface area contributed by atoms with E-state index in [9.17, 15) is 9.59 Å². The van der Waals surface area contributed by atoms with Crippen molar-refractivity contribution in [3.63, 3.8) is 0 Å². The van der Waals surface area contributed by atoms with Gasteiger partial charge in [-0.3, -0.25) is 9.59 Å². The molecule has 0 spiro atoms. The summed E-state index contributed by atoms with van der Waals surface area (Å²) in [6, 6.07) is 13.1. The lowest BCUT2D eigenvalue weighted by Gasteiger charge is -2.10. The van der Waals surface area contributed by atoms with Gasteiger partial charge < -0.3 is 38.3 Å². The zero-order chi connectivity index (χ0) is 25.7. The fourth-order valence-corrected chi connectivity index (χ4v) is 3.02. The van der Waals surface area contributed by atoms with Crippen LogP contribution >= 0.6 is 0 Å². The summed E-state index contributed by atoms with van der Waals surface area (Å²) in [4.78, 5) is 23.4. The van der Waals surface area contributed by atoms with E-state index in [-0.39, 0.29) is 18.7 Å². The molecular weight excluding hydrogens is 468 g/mol. The fraction of sp³-hybridized carbons (Fsp3) is 0.538. The molecule has 0 saturated heterocycles. The summed E-state index contributed by atoms with van der Waals surface area (Å²) in [7, 11) is 0. The second-order valence-corrected chi connectivity index (χ2v) is 7.60. The van der Waals surface area contributed by atoms with Gasteiger partial charge in [0.1, 0.15) is 6.54 Å². The third-order valence-electron chi connectivity index (χ3n) is 4.76. The first-order chi connectivity index (χ1) is 17.7. The predicted molar refractivity (Wildman–Crippen MR) is 135 cm³/mol. The Kier molecular flexibility index (Phi) is 15.9. The summed E-state index contributed by atoms with van der Waals surface area (Å²) in [6.45, 7) is 7.56. The highest BCUT2D eigenvalue weighted by Gasteiger charge is 2.05. The van der Waals surface area contributed by atoms with Crippen LogP contribution in [0, 0.1) is 0 Å². The lowest BCUT2D eigenvalue weighted by atomic mass is 10.2. The fourth-order valence-electron chi connectivity index (χ4n) is 3.02. The molecule has 0 aliphatic heterocycles. The Hall–Kier alpha value is -2.76. The number of nitrogens with one attached hydrogen (secondary N) is 1. The average Bonchev–Trinajstić information content (AvgIpc) is 2.88. The lowest BCUT2D eigenvalue weighted by molar-refractivity contribution is -0.143. The maximum absolute atomic E-state index is 11.8. The minimum atomic E-state index is -0.445. The highest BCUT2D eigenvalue weighted by atomic mass is 16.6. The summed E-state index contributed by atoms with van der Waals surface area (Å²) < 4.78 is 33.7. The summed E-state index contributed by atoms with van der Waals surface area (Å²) in [5.74, 6) is -0.445. The molecule has 0 saturated carbocycles. The minimum absolute atomic E-state index is 0.114. The van der Waals surface area contributed by atoms with Crippen LogP contribution < -0.4 is 10.9 Å². The van der Waals surface area contributed by atoms with Gasteiger partial charge in [-0.25, -0.2) is 0 Å². The zero-order valence-corrected chi connectivity index (χ0v) is 21.0. The number of hydrogen-bond donors (Lipinski definition) is 1. The molecule has 0 bridgehead atoms. The van der Waals surface area contributed by atoms with Crippen LogP contribution in [0.1, 0.15) is 12.5 Å². The van der Waals surface area contributed by atoms with Crippen molar-refractivity contribution in [3.8, 4) is 0 Å². The third-order valence-corrected chi connectivity index (χ3v) is 4.76. The summed E-state index contributed by atoms with van der Waals surface area (Å²) >= 11 is 0. The molecule has 10 heteroatoms. The minimum Gasteiger partial charge on any atom is -0.465 e. The third kappa shape index (κ3) is 14.0. The van der Waals surface area contributed by atoms with Crippen molar-refractivity contribution in [2.24, 2.45) is 0 Å². The van der Waals surface area contributed by atoms with Crippen LogP contribution in [-0.2, 0) is 46.4 Å². The second kappa shape index (κ2) is 19.4. The van der Waals surface area contributed by atoms with Gasteiger partial charge in [0, 0.05) is 18.8 Å². The van der Waals surface area contributed by atoms with Gasteiger partial charge in [0.05, 0.1) is 78.4 Å². The van der Waals surface area contributed by atoms with E-state index < -0.39 is 5.97 Å². The van der Waals surface area contributed by atoms with Gasteiger partial charge in [-0.15, -0.1) is 0 Å². The topological polar surface area (TPSA) is 106 Å². The number of esters is 1. The van der Waals surface area contributed by atoms with Gasteiger partial charge in [-0.2, -0.15) is 0 Å². The Balaban J connectivity index is 1.35. The molecule has 0 aliphatic carbocycles. The first-order valence-electron chi connectivity index (χ1n) is 12.2. The molecule has 1 aromatic heterocycles. The first kappa shape index (κ1) is 29.5. The average molecular weight is 507 g/mol. The molecule has 0 unspecified atom stereocenters. The van der Waals surface area contributed by atoms with Crippen LogP contribution in [0.25, 0.3) is 0 Å². The maximum atomic E-state index is 11.8. The standard InChI is InChI=1S/C26H38N2O8/c1-2-36-26(30)21-28-20-24(8-9-25(28)29)27-10-11-31-12-13-32-14-15-33-16-17-34-18-19-35-22-23-6-4-3-5-7-23/h3-9,20,27H,2,10-19,21-22H2,1H3. The number of carbonyl (C=O) groups excluding carboxylic acids is 1. The normalized spacial score (nSPS) is 10.9. The number of rotatable bonds is 21. The SMILES string of the molecule is CCOC(=O)Cn1cc(NCCOCCOCCOCCOCCOCc2ccccc2)ccc1=O. The van der Waals surface area contributed by atoms with Crippen molar-refractivity contribution in [2.75, 3.05) is 77.9 Å². The monoisotopic (exact) mass is 506 g/mol. The van der Waals surface area contributed by atoms with Gasteiger partial charge in [0.25, 0.3) is 5.56 Å². The van der Waals surface area contributed by atoms with Crippen molar-refractivity contribution in [1.29, 1.82) is 0 Å². The van der Waals surface area contributed by atoms with Crippen LogP contribution in [-0.4, -0.2) is 83.1 Å². The number of aromatic nitrogens is 1. The van der Waals surface area contributed by atoms with Crippen LogP contribution in [0.3, 0.4) is 0 Å². The highest BCUT2D eigenvalue weighted by molar-refractivity contribution is 5.69. The van der Waals surface area contributed by atoms with E-state index in [2.05, 4.69) is 5.32 Å². The number of ether oxygens (including phenoxy) is 6. The molecule has 0 amide bonds. The van der Waals surface area contributed by atoms with Crippen molar-refractivity contribution in [1.82, 2.24) is 4.57 Å². The van der Waals surface area contributed by atoms with E-state index in [4.69, 9.17) is 28.4 Å². The van der Waals surface area contributed by atoms with Crippen LogP contribution in [0.2, 0.25) is 0 Å². The number of hydrogen-bond acceptors (Lipinski definition) is 9. The van der Waals surface area contributed by atoms with Crippen LogP contribution in [0.4, 0.5) is 5.69 Å². The molecule has 36 heavy (non-hydrogen) atoms. The maximum Gasteiger partial charge on any atom is 0.326 e. The molecular formula is C26H38N2O8. The molecule has 1 N–H and O–H groups in total. The van der Waals surface area contributed by atoms with Crippen molar-refractivity contribution >= 4 is 11.7 Å². The Morgan fingerprint density at radius 3 is 1.97 bits per heavy atom. The smallest absolute Gasteiger partial charge is 0.326 e. The van der Waals surface area contributed by atoms with Crippen molar-refractivity contribution in [3.05, 3.63) is 64.6 Å². The summed E-state index contributed by atoms with van der Waals surface area (Å²) in [5.41, 5.74) is 1.61. The quantitative estimate of drug-likeness (QED) is 0.201.